The number of nitrogens with zero attached hydrogens (tertiary/aromatic N) is 5. The summed E-state index contributed by atoms with van der Waals surface area (Å²) in [5.74, 6) is -0.338. The number of hydrogen-bond donors (Lipinski definition) is 1. The van der Waals surface area contributed by atoms with E-state index in [9.17, 15) is 22.0 Å². The van der Waals surface area contributed by atoms with E-state index in [0.29, 0.717) is 22.2 Å². The molecule has 7 nitrogen and oxygen atoms in total. The first-order valence-electron chi connectivity index (χ1n) is 10.4. The molecule has 1 aromatic carbocycles. The Bertz CT molecular complexity index is 1360. The number of hydrogen-bond acceptors (Lipinski definition) is 6. The highest BCUT2D eigenvalue weighted by molar-refractivity contribution is 5.82. The SMILES string of the molecule is COc1cc2nc(-c3nnc4ccc(C(N5CC(N)C(F)C5)C(F)(F)F)cn34)ccc2cc1F. The van der Waals surface area contributed by atoms with Crippen LogP contribution in [-0.2, 0) is 0 Å². The second-order valence-corrected chi connectivity index (χ2v) is 8.17. The summed E-state index contributed by atoms with van der Waals surface area (Å²) in [6.45, 7) is -0.633. The van der Waals surface area contributed by atoms with E-state index in [2.05, 4.69) is 15.2 Å². The molecule has 1 aliphatic rings. The van der Waals surface area contributed by atoms with Crippen molar-refractivity contribution < 1.29 is 26.7 Å². The van der Waals surface area contributed by atoms with Crippen LogP contribution in [0.2, 0.25) is 0 Å². The van der Waals surface area contributed by atoms with Crippen LogP contribution in [0.25, 0.3) is 28.1 Å². The van der Waals surface area contributed by atoms with Gasteiger partial charge in [0.05, 0.1) is 12.6 Å². The van der Waals surface area contributed by atoms with Gasteiger partial charge in [-0.15, -0.1) is 10.2 Å². The van der Waals surface area contributed by atoms with Crippen LogP contribution in [0.1, 0.15) is 11.6 Å². The van der Waals surface area contributed by atoms with Gasteiger partial charge in [0.15, 0.2) is 23.0 Å². The van der Waals surface area contributed by atoms with Crippen molar-refractivity contribution in [3.8, 4) is 17.3 Å². The molecule has 0 saturated carbocycles. The first-order valence-corrected chi connectivity index (χ1v) is 10.4. The predicted octanol–water partition coefficient (Wildman–Crippen LogP) is 3.68. The number of fused-ring (bicyclic) bond motifs is 2. The van der Waals surface area contributed by atoms with Crippen LogP contribution in [0.3, 0.4) is 0 Å². The molecule has 34 heavy (non-hydrogen) atoms. The van der Waals surface area contributed by atoms with Crippen molar-refractivity contribution in [2.75, 3.05) is 20.2 Å². The molecule has 4 heterocycles. The summed E-state index contributed by atoms with van der Waals surface area (Å²) in [7, 11) is 1.33. The highest BCUT2D eigenvalue weighted by Crippen LogP contribution is 2.40. The van der Waals surface area contributed by atoms with Crippen LogP contribution in [-0.4, -0.2) is 63.1 Å². The van der Waals surface area contributed by atoms with Crippen LogP contribution in [0.5, 0.6) is 5.75 Å². The fourth-order valence-corrected chi connectivity index (χ4v) is 4.29. The molecule has 1 saturated heterocycles. The number of methoxy groups -OCH3 is 1. The van der Waals surface area contributed by atoms with E-state index >= 15 is 0 Å². The summed E-state index contributed by atoms with van der Waals surface area (Å²) in [6.07, 6.45) is -4.92. The molecule has 3 aromatic heterocycles. The fourth-order valence-electron chi connectivity index (χ4n) is 4.29. The zero-order valence-electron chi connectivity index (χ0n) is 17.8. The Hall–Kier alpha value is -3.38. The normalized spacial score (nSPS) is 20.3. The Balaban J connectivity index is 1.60. The molecule has 3 unspecified atom stereocenters. The molecule has 0 bridgehead atoms. The van der Waals surface area contributed by atoms with E-state index in [1.54, 1.807) is 12.1 Å². The van der Waals surface area contributed by atoms with Gasteiger partial charge in [-0.05, 0) is 23.8 Å². The van der Waals surface area contributed by atoms with Gasteiger partial charge < -0.3 is 10.5 Å². The summed E-state index contributed by atoms with van der Waals surface area (Å²) in [5.41, 5.74) is 6.56. The van der Waals surface area contributed by atoms with Gasteiger partial charge in [0.1, 0.15) is 17.9 Å². The standard InChI is InChI=1S/C22H19F5N6O/c1-34-18-7-17-11(6-13(18)23)2-4-16(29-17)21-31-30-19-5-3-12(8-33(19)21)20(22(25,26)27)32-9-14(24)15(28)10-32/h2-8,14-15,20H,9-10,28H2,1H3. The Morgan fingerprint density at radius 3 is 2.59 bits per heavy atom. The third-order valence-corrected chi connectivity index (χ3v) is 5.93. The van der Waals surface area contributed by atoms with Gasteiger partial charge in [0.25, 0.3) is 0 Å². The molecule has 12 heteroatoms. The molecule has 178 valence electrons. The summed E-state index contributed by atoms with van der Waals surface area (Å²) in [5, 5.41) is 8.62. The van der Waals surface area contributed by atoms with Crippen molar-refractivity contribution in [3.63, 3.8) is 0 Å². The lowest BCUT2D eigenvalue weighted by Gasteiger charge is -2.29. The molecular formula is C22H19F5N6O. The van der Waals surface area contributed by atoms with Crippen molar-refractivity contribution in [3.05, 3.63) is 54.0 Å². The average Bonchev–Trinajstić information content (AvgIpc) is 3.34. The quantitative estimate of drug-likeness (QED) is 0.451. The second-order valence-electron chi connectivity index (χ2n) is 8.17. The van der Waals surface area contributed by atoms with Crippen LogP contribution in [0, 0.1) is 5.82 Å². The molecular weight excluding hydrogens is 459 g/mol. The van der Waals surface area contributed by atoms with Gasteiger partial charge in [-0.2, -0.15) is 13.2 Å². The van der Waals surface area contributed by atoms with E-state index < -0.39 is 36.8 Å². The maximum atomic E-state index is 14.0. The minimum absolute atomic E-state index is 0.00791. The number of alkyl halides is 4. The molecule has 1 fully saturated rings. The maximum Gasteiger partial charge on any atom is 0.408 e. The molecule has 0 aliphatic carbocycles. The zero-order valence-corrected chi connectivity index (χ0v) is 17.8. The maximum absolute atomic E-state index is 14.0. The first-order chi connectivity index (χ1) is 16.2. The topological polar surface area (TPSA) is 81.6 Å². The smallest absolute Gasteiger partial charge is 0.408 e. The number of rotatable bonds is 4. The van der Waals surface area contributed by atoms with E-state index in [1.165, 1.54) is 42.0 Å². The molecule has 0 spiro atoms. The molecule has 4 aromatic rings. The minimum atomic E-state index is -4.66. The number of ether oxygens (including phenoxy) is 1. The third kappa shape index (κ3) is 3.82. The Kier molecular flexibility index (Phi) is 5.36. The van der Waals surface area contributed by atoms with Crippen LogP contribution in [0.15, 0.2) is 42.6 Å². The zero-order chi connectivity index (χ0) is 24.2. The first kappa shape index (κ1) is 22.4. The number of halogens is 5. The van der Waals surface area contributed by atoms with E-state index in [0.717, 1.165) is 4.90 Å². The number of benzene rings is 1. The van der Waals surface area contributed by atoms with Gasteiger partial charge >= 0.3 is 6.18 Å². The van der Waals surface area contributed by atoms with Crippen molar-refractivity contribution >= 4 is 16.6 Å². The van der Waals surface area contributed by atoms with Crippen LogP contribution in [0.4, 0.5) is 22.0 Å². The monoisotopic (exact) mass is 478 g/mol. The Labute approximate surface area is 190 Å². The van der Waals surface area contributed by atoms with E-state index in [-0.39, 0.29) is 23.7 Å². The van der Waals surface area contributed by atoms with Crippen molar-refractivity contribution in [2.24, 2.45) is 5.73 Å². The van der Waals surface area contributed by atoms with Crippen LogP contribution < -0.4 is 10.5 Å². The second kappa shape index (κ2) is 8.13. The number of pyridine rings is 2. The number of aromatic nitrogens is 4. The third-order valence-electron chi connectivity index (χ3n) is 5.93. The largest absolute Gasteiger partial charge is 0.494 e. The number of likely N-dealkylation sites (tertiary alicyclic amines) is 1. The van der Waals surface area contributed by atoms with Crippen LogP contribution >= 0.6 is 0 Å². The van der Waals surface area contributed by atoms with Gasteiger partial charge in [0, 0.05) is 36.8 Å². The van der Waals surface area contributed by atoms with E-state index in [1.807, 2.05) is 0 Å². The fraction of sp³-hybridized carbons (Fsp3) is 0.318. The molecule has 3 atom stereocenters. The van der Waals surface area contributed by atoms with E-state index in [4.69, 9.17) is 10.5 Å². The van der Waals surface area contributed by atoms with Crippen molar-refractivity contribution in [2.45, 2.75) is 24.4 Å². The lowest BCUT2D eigenvalue weighted by atomic mass is 10.1. The Morgan fingerprint density at radius 1 is 1.12 bits per heavy atom. The summed E-state index contributed by atoms with van der Waals surface area (Å²) < 4.78 is 76.4. The highest BCUT2D eigenvalue weighted by Gasteiger charge is 2.48. The highest BCUT2D eigenvalue weighted by atomic mass is 19.4. The molecule has 0 amide bonds. The lowest BCUT2D eigenvalue weighted by Crippen LogP contribution is -2.38. The molecule has 1 aliphatic heterocycles. The number of nitrogens with two attached hydrogens (primary N) is 1. The summed E-state index contributed by atoms with van der Waals surface area (Å²) in [6, 6.07) is 5.57. The molecule has 5 rings (SSSR count). The van der Waals surface area contributed by atoms with Gasteiger partial charge in [0.2, 0.25) is 0 Å². The predicted molar refractivity (Wildman–Crippen MR) is 113 cm³/mol. The van der Waals surface area contributed by atoms with Crippen molar-refractivity contribution in [1.29, 1.82) is 0 Å². The van der Waals surface area contributed by atoms with Gasteiger partial charge in [-0.3, -0.25) is 9.30 Å². The summed E-state index contributed by atoms with van der Waals surface area (Å²) in [4.78, 5) is 5.47. The van der Waals surface area contributed by atoms with Gasteiger partial charge in [-0.25, -0.2) is 13.8 Å². The molecule has 0 radical (unpaired) electrons. The average molecular weight is 478 g/mol. The Morgan fingerprint density at radius 2 is 1.91 bits per heavy atom. The van der Waals surface area contributed by atoms with Gasteiger partial charge in [-0.1, -0.05) is 12.1 Å². The molecule has 2 N–H and O–H groups in total. The summed E-state index contributed by atoms with van der Waals surface area (Å²) >= 11 is 0. The lowest BCUT2D eigenvalue weighted by molar-refractivity contribution is -0.184. The minimum Gasteiger partial charge on any atom is -0.494 e. The van der Waals surface area contributed by atoms with Crippen molar-refractivity contribution in [1.82, 2.24) is 24.5 Å².